The van der Waals surface area contributed by atoms with Gasteiger partial charge in [-0.05, 0) is 12.8 Å². The van der Waals surface area contributed by atoms with Crippen molar-refractivity contribution in [2.45, 2.75) is 37.3 Å². The van der Waals surface area contributed by atoms with Crippen LogP contribution in [0.25, 0.3) is 0 Å². The van der Waals surface area contributed by atoms with Crippen molar-refractivity contribution in [3.63, 3.8) is 0 Å². The maximum Gasteiger partial charge on any atom is 0.282 e. The van der Waals surface area contributed by atoms with Crippen molar-refractivity contribution >= 4 is 6.02 Å². The predicted octanol–water partition coefficient (Wildman–Crippen LogP) is 0.659. The molecule has 4 heteroatoms. The average Bonchev–Trinajstić information content (AvgIpc) is 2.43. The van der Waals surface area contributed by atoms with E-state index in [9.17, 15) is 0 Å². The molecule has 0 aromatic carbocycles. The van der Waals surface area contributed by atoms with E-state index in [1.165, 1.54) is 19.3 Å². The van der Waals surface area contributed by atoms with E-state index in [1.54, 1.807) is 7.11 Å². The van der Waals surface area contributed by atoms with E-state index in [1.807, 2.05) is 0 Å². The molecule has 3 rings (SSSR count). The number of nitrogens with two attached hydrogens (primary N) is 1. The first kappa shape index (κ1) is 8.53. The van der Waals surface area contributed by atoms with Crippen LogP contribution in [0, 0.1) is 5.41 Å². The quantitative estimate of drug-likeness (QED) is 0.670. The van der Waals surface area contributed by atoms with Crippen LogP contribution in [0.1, 0.15) is 25.7 Å². The Morgan fingerprint density at radius 2 is 2.36 bits per heavy atom. The fraction of sp³-hybridized carbons (Fsp3) is 0.900. The number of nitrogens with zero attached hydrogens (tertiary/aromatic N) is 1. The van der Waals surface area contributed by atoms with E-state index in [-0.39, 0.29) is 11.0 Å². The molecule has 1 heterocycles. The molecule has 0 radical (unpaired) electrons. The molecule has 2 N–H and O–H groups in total. The van der Waals surface area contributed by atoms with Gasteiger partial charge >= 0.3 is 0 Å². The summed E-state index contributed by atoms with van der Waals surface area (Å²) in [6, 6.07) is 0.367. The van der Waals surface area contributed by atoms with Crippen molar-refractivity contribution in [3.8, 4) is 0 Å². The van der Waals surface area contributed by atoms with Crippen LogP contribution in [-0.2, 0) is 9.47 Å². The lowest BCUT2D eigenvalue weighted by Gasteiger charge is -2.64. The smallest absolute Gasteiger partial charge is 0.282 e. The Labute approximate surface area is 83.5 Å². The molecule has 2 fully saturated rings. The molecule has 0 saturated heterocycles. The first-order chi connectivity index (χ1) is 6.72. The summed E-state index contributed by atoms with van der Waals surface area (Å²) in [4.78, 5) is 4.49. The van der Waals surface area contributed by atoms with Crippen LogP contribution >= 0.6 is 0 Å². The van der Waals surface area contributed by atoms with E-state index in [4.69, 9.17) is 15.2 Å². The summed E-state index contributed by atoms with van der Waals surface area (Å²) < 4.78 is 10.8. The van der Waals surface area contributed by atoms with Gasteiger partial charge in [0.15, 0.2) is 0 Å². The summed E-state index contributed by atoms with van der Waals surface area (Å²) in [6.07, 6.45) is 5.06. The van der Waals surface area contributed by atoms with Crippen LogP contribution in [0.2, 0.25) is 0 Å². The minimum absolute atomic E-state index is 0.0317. The highest BCUT2D eigenvalue weighted by Crippen LogP contribution is 2.65. The summed E-state index contributed by atoms with van der Waals surface area (Å²) in [5.74, 6) is 0. The van der Waals surface area contributed by atoms with E-state index in [2.05, 4.69) is 4.99 Å². The Hall–Kier alpha value is -0.770. The van der Waals surface area contributed by atoms with Crippen LogP contribution in [0.3, 0.4) is 0 Å². The maximum absolute atomic E-state index is 5.59. The topological polar surface area (TPSA) is 56.8 Å². The Kier molecular flexibility index (Phi) is 1.48. The molecule has 2 saturated carbocycles. The predicted molar refractivity (Wildman–Crippen MR) is 52.0 cm³/mol. The van der Waals surface area contributed by atoms with Gasteiger partial charge in [-0.3, -0.25) is 0 Å². The molecule has 78 valence electrons. The molecule has 2 aliphatic carbocycles. The number of hydrogen-bond acceptors (Lipinski definition) is 4. The summed E-state index contributed by atoms with van der Waals surface area (Å²) in [7, 11) is 1.79. The number of amidine groups is 1. The van der Waals surface area contributed by atoms with E-state index in [0.29, 0.717) is 18.7 Å². The molecule has 14 heavy (non-hydrogen) atoms. The Bertz CT molecular complexity index is 298. The third-order valence-corrected chi connectivity index (χ3v) is 4.38. The molecule has 2 spiro atoms. The number of rotatable bonds is 1. The lowest BCUT2D eigenvalue weighted by atomic mass is 9.44. The number of ether oxygens (including phenoxy) is 2. The molecular formula is C10H16N2O2. The number of fused-ring (bicyclic) bond motifs is 1. The largest absolute Gasteiger partial charge is 0.463 e. The molecule has 1 aliphatic heterocycles. The standard InChI is InChI=1S/C10H16N2O2/c1-13-7-5-10(6-14-8(11)12-10)9(7)3-2-4-9/h7H,2-6H2,1H3,(H2,11,12). The highest BCUT2D eigenvalue weighted by Gasteiger charge is 2.70. The monoisotopic (exact) mass is 196 g/mol. The van der Waals surface area contributed by atoms with Crippen molar-refractivity contribution < 1.29 is 9.47 Å². The molecule has 0 amide bonds. The van der Waals surface area contributed by atoms with Gasteiger partial charge in [0, 0.05) is 18.9 Å². The van der Waals surface area contributed by atoms with E-state index in [0.717, 1.165) is 6.42 Å². The number of aliphatic imine (C=N–C) groups is 1. The molecule has 0 aromatic heterocycles. The second kappa shape index (κ2) is 2.42. The van der Waals surface area contributed by atoms with Crippen molar-refractivity contribution in [1.29, 1.82) is 0 Å². The fourth-order valence-electron chi connectivity index (χ4n) is 3.36. The van der Waals surface area contributed by atoms with Gasteiger partial charge in [0.2, 0.25) is 0 Å². The van der Waals surface area contributed by atoms with Gasteiger partial charge in [-0.2, -0.15) is 0 Å². The second-order valence-electron chi connectivity index (χ2n) is 4.71. The Balaban J connectivity index is 1.90. The lowest BCUT2D eigenvalue weighted by Crippen LogP contribution is -2.70. The van der Waals surface area contributed by atoms with Gasteiger partial charge in [-0.15, -0.1) is 0 Å². The van der Waals surface area contributed by atoms with E-state index >= 15 is 0 Å². The Morgan fingerprint density at radius 1 is 1.57 bits per heavy atom. The van der Waals surface area contributed by atoms with E-state index < -0.39 is 0 Å². The van der Waals surface area contributed by atoms with Crippen LogP contribution in [-0.4, -0.2) is 31.4 Å². The SMILES string of the molecule is COC1CC2(COC(N)=N2)C12CCC2. The number of hydrogen-bond donors (Lipinski definition) is 1. The highest BCUT2D eigenvalue weighted by molar-refractivity contribution is 5.74. The van der Waals surface area contributed by atoms with Crippen LogP contribution in [0.5, 0.6) is 0 Å². The van der Waals surface area contributed by atoms with Gasteiger partial charge in [0.1, 0.15) is 12.1 Å². The zero-order valence-corrected chi connectivity index (χ0v) is 8.45. The summed E-state index contributed by atoms with van der Waals surface area (Å²) >= 11 is 0. The van der Waals surface area contributed by atoms with Crippen molar-refractivity contribution in [1.82, 2.24) is 0 Å². The Morgan fingerprint density at radius 3 is 2.79 bits per heavy atom. The summed E-state index contributed by atoms with van der Waals surface area (Å²) in [6.45, 7) is 0.665. The lowest BCUT2D eigenvalue weighted by molar-refractivity contribution is -0.199. The van der Waals surface area contributed by atoms with Gasteiger partial charge in [-0.25, -0.2) is 4.99 Å². The van der Waals surface area contributed by atoms with Crippen LogP contribution in [0.4, 0.5) is 0 Å². The van der Waals surface area contributed by atoms with Crippen LogP contribution < -0.4 is 5.73 Å². The minimum atomic E-state index is -0.0317. The van der Waals surface area contributed by atoms with Crippen molar-refractivity contribution in [3.05, 3.63) is 0 Å². The van der Waals surface area contributed by atoms with Gasteiger partial charge in [0.05, 0.1) is 6.10 Å². The zero-order chi connectivity index (χ0) is 9.81. The highest BCUT2D eigenvalue weighted by atomic mass is 16.5. The summed E-state index contributed by atoms with van der Waals surface area (Å²) in [5.41, 5.74) is 5.81. The number of methoxy groups -OCH3 is 1. The zero-order valence-electron chi connectivity index (χ0n) is 8.45. The molecule has 2 unspecified atom stereocenters. The fourth-order valence-corrected chi connectivity index (χ4v) is 3.36. The average molecular weight is 196 g/mol. The first-order valence-corrected chi connectivity index (χ1v) is 5.23. The molecule has 2 atom stereocenters. The van der Waals surface area contributed by atoms with Crippen molar-refractivity contribution in [2.24, 2.45) is 16.1 Å². The molecule has 4 nitrogen and oxygen atoms in total. The summed E-state index contributed by atoms with van der Waals surface area (Å²) in [5, 5.41) is 0. The van der Waals surface area contributed by atoms with Gasteiger partial charge < -0.3 is 15.2 Å². The third-order valence-electron chi connectivity index (χ3n) is 4.38. The maximum atomic E-state index is 5.59. The molecular weight excluding hydrogens is 180 g/mol. The van der Waals surface area contributed by atoms with Gasteiger partial charge in [-0.1, -0.05) is 6.42 Å². The molecule has 0 aromatic rings. The third kappa shape index (κ3) is 0.726. The van der Waals surface area contributed by atoms with Gasteiger partial charge in [0.25, 0.3) is 6.02 Å². The minimum Gasteiger partial charge on any atom is -0.463 e. The second-order valence-corrected chi connectivity index (χ2v) is 4.71. The molecule has 0 bridgehead atoms. The first-order valence-electron chi connectivity index (χ1n) is 5.23. The van der Waals surface area contributed by atoms with Crippen molar-refractivity contribution in [2.75, 3.05) is 13.7 Å². The molecule has 3 aliphatic rings. The normalized spacial score (nSPS) is 42.9. The van der Waals surface area contributed by atoms with Crippen LogP contribution in [0.15, 0.2) is 4.99 Å².